The largest absolute Gasteiger partial charge is 0.384 e. The minimum absolute atomic E-state index is 0.667. The van der Waals surface area contributed by atoms with Crippen molar-refractivity contribution in [3.63, 3.8) is 0 Å². The Hall–Kier alpha value is -1.05. The Kier molecular flexibility index (Phi) is 2.24. The summed E-state index contributed by atoms with van der Waals surface area (Å²) in [5.74, 6) is 5.42. The predicted octanol–water partition coefficient (Wildman–Crippen LogP) is 3.51. The van der Waals surface area contributed by atoms with Crippen molar-refractivity contribution in [1.29, 1.82) is 0 Å². The molecular weight excluding hydrogens is 220 g/mol. The molecule has 18 heavy (non-hydrogen) atoms. The normalized spacial score (nSPS) is 41.3. The van der Waals surface area contributed by atoms with Crippen molar-refractivity contribution in [3.05, 3.63) is 23.4 Å². The molecule has 1 aromatic rings. The highest BCUT2D eigenvalue weighted by molar-refractivity contribution is 5.39. The first-order valence-electron chi connectivity index (χ1n) is 7.42. The van der Waals surface area contributed by atoms with Gasteiger partial charge in [0, 0.05) is 6.20 Å². The van der Waals surface area contributed by atoms with Crippen molar-refractivity contribution in [2.75, 3.05) is 5.73 Å². The first kappa shape index (κ1) is 10.8. The SMILES string of the molecule is Cc1cc(N)ncc1C1C2CC3CC(C2)CC1C3. The van der Waals surface area contributed by atoms with Gasteiger partial charge in [-0.05, 0) is 85.8 Å². The maximum Gasteiger partial charge on any atom is 0.123 e. The van der Waals surface area contributed by atoms with E-state index in [1.807, 2.05) is 0 Å². The number of nitrogens with two attached hydrogens (primary N) is 1. The van der Waals surface area contributed by atoms with E-state index in [-0.39, 0.29) is 0 Å². The van der Waals surface area contributed by atoms with Gasteiger partial charge in [-0.15, -0.1) is 0 Å². The second-order valence-corrected chi connectivity index (χ2v) is 6.92. The Labute approximate surface area is 109 Å². The molecule has 0 spiro atoms. The predicted molar refractivity (Wildman–Crippen MR) is 73.2 cm³/mol. The van der Waals surface area contributed by atoms with Crippen LogP contribution in [0.25, 0.3) is 0 Å². The molecule has 0 unspecified atom stereocenters. The Morgan fingerprint density at radius 1 is 1.06 bits per heavy atom. The summed E-state index contributed by atoms with van der Waals surface area (Å²) >= 11 is 0. The summed E-state index contributed by atoms with van der Waals surface area (Å²) in [6.45, 7) is 2.21. The molecule has 0 aromatic carbocycles. The van der Waals surface area contributed by atoms with Crippen molar-refractivity contribution >= 4 is 5.82 Å². The Morgan fingerprint density at radius 3 is 2.22 bits per heavy atom. The summed E-state index contributed by atoms with van der Waals surface area (Å²) in [5, 5.41) is 0. The van der Waals surface area contributed by atoms with E-state index in [0.29, 0.717) is 5.82 Å². The van der Waals surface area contributed by atoms with Crippen LogP contribution in [0.1, 0.15) is 49.1 Å². The minimum atomic E-state index is 0.667. The van der Waals surface area contributed by atoms with Gasteiger partial charge in [0.2, 0.25) is 0 Å². The van der Waals surface area contributed by atoms with Crippen molar-refractivity contribution in [1.82, 2.24) is 4.98 Å². The fraction of sp³-hybridized carbons (Fsp3) is 0.688. The number of aryl methyl sites for hydroxylation is 1. The lowest BCUT2D eigenvalue weighted by Gasteiger charge is -2.54. The van der Waals surface area contributed by atoms with Crippen LogP contribution < -0.4 is 5.73 Å². The summed E-state index contributed by atoms with van der Waals surface area (Å²) < 4.78 is 0. The van der Waals surface area contributed by atoms with Gasteiger partial charge in [-0.2, -0.15) is 0 Å². The van der Waals surface area contributed by atoms with Crippen molar-refractivity contribution in [2.24, 2.45) is 23.7 Å². The molecule has 96 valence electrons. The van der Waals surface area contributed by atoms with Crippen LogP contribution in [0.5, 0.6) is 0 Å². The van der Waals surface area contributed by atoms with E-state index in [1.165, 1.54) is 43.2 Å². The van der Waals surface area contributed by atoms with Crippen LogP contribution in [0.4, 0.5) is 5.82 Å². The molecule has 1 aromatic heterocycles. The Balaban J connectivity index is 1.72. The number of nitrogen functional groups attached to an aromatic ring is 1. The number of nitrogens with zero attached hydrogens (tertiary/aromatic N) is 1. The Morgan fingerprint density at radius 2 is 1.67 bits per heavy atom. The molecule has 4 fully saturated rings. The van der Waals surface area contributed by atoms with Crippen molar-refractivity contribution < 1.29 is 0 Å². The highest BCUT2D eigenvalue weighted by atomic mass is 14.8. The molecule has 0 aliphatic heterocycles. The molecule has 4 aliphatic rings. The third-order valence-corrected chi connectivity index (χ3v) is 5.76. The zero-order chi connectivity index (χ0) is 12.3. The first-order chi connectivity index (χ1) is 8.70. The summed E-state index contributed by atoms with van der Waals surface area (Å²) in [5.41, 5.74) is 8.65. The fourth-order valence-corrected chi connectivity index (χ4v) is 5.37. The van der Waals surface area contributed by atoms with Crippen molar-refractivity contribution in [3.8, 4) is 0 Å². The number of hydrogen-bond acceptors (Lipinski definition) is 2. The lowest BCUT2D eigenvalue weighted by Crippen LogP contribution is -2.44. The molecule has 4 bridgehead atoms. The number of rotatable bonds is 1. The average molecular weight is 242 g/mol. The van der Waals surface area contributed by atoms with Crippen LogP contribution in [0.3, 0.4) is 0 Å². The van der Waals surface area contributed by atoms with E-state index < -0.39 is 0 Å². The number of aromatic nitrogens is 1. The first-order valence-corrected chi connectivity index (χ1v) is 7.42. The standard InChI is InChI=1S/C16H22N2/c1-9-2-15(17)18-8-14(9)16-12-4-10-3-11(6-12)7-13(16)5-10/h2,8,10-13,16H,3-7H2,1H3,(H2,17,18). The van der Waals surface area contributed by atoms with Gasteiger partial charge < -0.3 is 5.73 Å². The summed E-state index contributed by atoms with van der Waals surface area (Å²) in [6, 6.07) is 2.06. The lowest BCUT2D eigenvalue weighted by molar-refractivity contribution is -0.00307. The van der Waals surface area contributed by atoms with Crippen LogP contribution >= 0.6 is 0 Å². The smallest absolute Gasteiger partial charge is 0.123 e. The molecule has 0 saturated heterocycles. The summed E-state index contributed by atoms with van der Waals surface area (Å²) in [6.07, 6.45) is 9.49. The zero-order valence-corrected chi connectivity index (χ0v) is 11.1. The third-order valence-electron chi connectivity index (χ3n) is 5.76. The highest BCUT2D eigenvalue weighted by Gasteiger charge is 2.48. The quantitative estimate of drug-likeness (QED) is 0.818. The maximum absolute atomic E-state index is 5.79. The zero-order valence-electron chi connectivity index (χ0n) is 11.1. The molecule has 2 N–H and O–H groups in total. The minimum Gasteiger partial charge on any atom is -0.384 e. The molecule has 0 radical (unpaired) electrons. The highest BCUT2D eigenvalue weighted by Crippen LogP contribution is 2.60. The maximum atomic E-state index is 5.79. The molecule has 0 atom stereocenters. The van der Waals surface area contributed by atoms with E-state index in [0.717, 1.165) is 29.6 Å². The average Bonchev–Trinajstić information content (AvgIpc) is 2.30. The molecule has 4 aliphatic carbocycles. The van der Waals surface area contributed by atoms with E-state index in [1.54, 1.807) is 0 Å². The van der Waals surface area contributed by atoms with Gasteiger partial charge in [0.05, 0.1) is 0 Å². The van der Waals surface area contributed by atoms with Gasteiger partial charge >= 0.3 is 0 Å². The second-order valence-electron chi connectivity index (χ2n) is 6.92. The third kappa shape index (κ3) is 1.51. The van der Waals surface area contributed by atoms with Gasteiger partial charge in [0.15, 0.2) is 0 Å². The topological polar surface area (TPSA) is 38.9 Å². The summed E-state index contributed by atoms with van der Waals surface area (Å²) in [7, 11) is 0. The Bertz CT molecular complexity index is 452. The van der Waals surface area contributed by atoms with E-state index >= 15 is 0 Å². The number of hydrogen-bond donors (Lipinski definition) is 1. The van der Waals surface area contributed by atoms with Crippen LogP contribution in [-0.2, 0) is 0 Å². The van der Waals surface area contributed by atoms with E-state index in [2.05, 4.69) is 24.2 Å². The molecule has 2 heteroatoms. The molecule has 5 rings (SSSR count). The van der Waals surface area contributed by atoms with Gasteiger partial charge in [-0.3, -0.25) is 0 Å². The van der Waals surface area contributed by atoms with Crippen LogP contribution in [0.2, 0.25) is 0 Å². The monoisotopic (exact) mass is 242 g/mol. The molecular formula is C16H22N2. The van der Waals surface area contributed by atoms with Gasteiger partial charge in [0.25, 0.3) is 0 Å². The molecule has 4 saturated carbocycles. The van der Waals surface area contributed by atoms with E-state index in [9.17, 15) is 0 Å². The van der Waals surface area contributed by atoms with Gasteiger partial charge in [-0.25, -0.2) is 4.98 Å². The number of anilines is 1. The molecule has 2 nitrogen and oxygen atoms in total. The van der Waals surface area contributed by atoms with Crippen LogP contribution in [-0.4, -0.2) is 4.98 Å². The fourth-order valence-electron chi connectivity index (χ4n) is 5.37. The van der Waals surface area contributed by atoms with Gasteiger partial charge in [-0.1, -0.05) is 0 Å². The second kappa shape index (κ2) is 3.72. The van der Waals surface area contributed by atoms with Crippen molar-refractivity contribution in [2.45, 2.75) is 44.9 Å². The number of pyridine rings is 1. The van der Waals surface area contributed by atoms with E-state index in [4.69, 9.17) is 5.73 Å². The summed E-state index contributed by atoms with van der Waals surface area (Å²) in [4.78, 5) is 4.35. The van der Waals surface area contributed by atoms with Crippen LogP contribution in [0, 0.1) is 30.6 Å². The lowest BCUT2D eigenvalue weighted by atomic mass is 9.50. The van der Waals surface area contributed by atoms with Gasteiger partial charge in [0.1, 0.15) is 5.82 Å². The molecule has 1 heterocycles. The van der Waals surface area contributed by atoms with Crippen LogP contribution in [0.15, 0.2) is 12.3 Å². The molecule has 0 amide bonds.